The van der Waals surface area contributed by atoms with Crippen molar-refractivity contribution in [1.29, 1.82) is 0 Å². The molecular weight excluding hydrogens is 378 g/mol. The predicted octanol–water partition coefficient (Wildman–Crippen LogP) is 3.05. The van der Waals surface area contributed by atoms with Crippen LogP contribution in [0.25, 0.3) is 0 Å². The number of piperazine rings is 1. The largest absolute Gasteiger partial charge is 0.497 e. The topological polar surface area (TPSA) is 45.2 Å². The number of hydrogen-bond acceptors (Lipinski definition) is 5. The van der Waals surface area contributed by atoms with Gasteiger partial charge in [-0.05, 0) is 41.8 Å². The highest BCUT2D eigenvalue weighted by Gasteiger charge is 2.27. The quantitative estimate of drug-likeness (QED) is 0.730. The van der Waals surface area contributed by atoms with E-state index in [1.165, 1.54) is 12.1 Å². The summed E-state index contributed by atoms with van der Waals surface area (Å²) in [4.78, 5) is 4.56. The van der Waals surface area contributed by atoms with E-state index in [1.54, 1.807) is 20.3 Å². The number of hydrogen-bond donors (Lipinski definition) is 1. The van der Waals surface area contributed by atoms with Crippen LogP contribution in [-0.4, -0.2) is 61.4 Å². The van der Waals surface area contributed by atoms with Gasteiger partial charge in [0, 0.05) is 51.4 Å². The Hall–Kier alpha value is -2.22. The molecule has 1 unspecified atom stereocenters. The Morgan fingerprint density at radius 3 is 2.28 bits per heavy atom. The second-order valence-electron chi connectivity index (χ2n) is 7.34. The molecule has 0 aromatic heterocycles. The Kier molecular flexibility index (Phi) is 7.41. The zero-order valence-electron chi connectivity index (χ0n) is 16.9. The molecule has 1 heterocycles. The number of benzene rings is 2. The van der Waals surface area contributed by atoms with E-state index in [4.69, 9.17) is 9.47 Å². The fourth-order valence-electron chi connectivity index (χ4n) is 3.82. The van der Waals surface area contributed by atoms with Crippen LogP contribution in [0.15, 0.2) is 36.4 Å². The molecule has 0 amide bonds. The van der Waals surface area contributed by atoms with E-state index in [-0.39, 0.29) is 12.6 Å². The van der Waals surface area contributed by atoms with Crippen molar-refractivity contribution in [2.75, 3.05) is 40.5 Å². The summed E-state index contributed by atoms with van der Waals surface area (Å²) in [5.74, 6) is -0.157. The van der Waals surface area contributed by atoms with Crippen molar-refractivity contribution >= 4 is 0 Å². The smallest absolute Gasteiger partial charge is 0.159 e. The minimum absolute atomic E-state index is 0.0988. The van der Waals surface area contributed by atoms with E-state index in [1.807, 2.05) is 18.2 Å². The number of methoxy groups -OCH3 is 2. The van der Waals surface area contributed by atoms with Crippen LogP contribution < -0.4 is 9.47 Å². The molecule has 0 radical (unpaired) electrons. The standard InChI is InChI=1S/C22H28F2N2O3/c1-28-19-9-17(10-20(12-19)29-2)14-26-7-6-25(15-18(26)5-8-27)13-16-3-4-21(23)22(24)11-16/h3-4,9-12,18,27H,5-8,13-15H2,1-2H3. The predicted molar refractivity (Wildman–Crippen MR) is 107 cm³/mol. The van der Waals surface area contributed by atoms with Crippen molar-refractivity contribution in [2.45, 2.75) is 25.6 Å². The minimum atomic E-state index is -0.828. The Bertz CT molecular complexity index is 796. The maximum absolute atomic E-state index is 13.5. The van der Waals surface area contributed by atoms with Crippen LogP contribution in [0.4, 0.5) is 8.78 Å². The Balaban J connectivity index is 1.68. The molecule has 5 nitrogen and oxygen atoms in total. The highest BCUT2D eigenvalue weighted by molar-refractivity contribution is 5.38. The van der Waals surface area contributed by atoms with Crippen molar-refractivity contribution in [3.63, 3.8) is 0 Å². The lowest BCUT2D eigenvalue weighted by atomic mass is 10.1. The van der Waals surface area contributed by atoms with E-state index in [0.717, 1.165) is 48.8 Å². The van der Waals surface area contributed by atoms with Crippen molar-refractivity contribution in [3.8, 4) is 11.5 Å². The molecule has 7 heteroatoms. The molecule has 1 aliphatic heterocycles. The maximum Gasteiger partial charge on any atom is 0.159 e. The lowest BCUT2D eigenvalue weighted by Crippen LogP contribution is -2.52. The van der Waals surface area contributed by atoms with Crippen LogP contribution in [0.2, 0.25) is 0 Å². The second-order valence-corrected chi connectivity index (χ2v) is 7.34. The monoisotopic (exact) mass is 406 g/mol. The summed E-state index contributed by atoms with van der Waals surface area (Å²) in [5, 5.41) is 9.53. The van der Waals surface area contributed by atoms with Gasteiger partial charge < -0.3 is 14.6 Å². The fraction of sp³-hybridized carbons (Fsp3) is 0.455. The summed E-state index contributed by atoms with van der Waals surface area (Å²) < 4.78 is 37.4. The molecule has 1 saturated heterocycles. The van der Waals surface area contributed by atoms with Crippen molar-refractivity contribution in [1.82, 2.24) is 9.80 Å². The van der Waals surface area contributed by atoms with Gasteiger partial charge in [0.1, 0.15) is 11.5 Å². The first kappa shape index (κ1) is 21.5. The van der Waals surface area contributed by atoms with Gasteiger partial charge in [-0.1, -0.05) is 6.07 Å². The molecule has 1 atom stereocenters. The molecule has 2 aromatic rings. The molecular formula is C22H28F2N2O3. The molecule has 1 N–H and O–H groups in total. The SMILES string of the molecule is COc1cc(CN2CCN(Cc3ccc(F)c(F)c3)CC2CCO)cc(OC)c1. The number of ether oxygens (including phenoxy) is 2. The molecule has 3 rings (SSSR count). The van der Waals surface area contributed by atoms with Crippen LogP contribution in [0, 0.1) is 11.6 Å². The third-order valence-corrected chi connectivity index (χ3v) is 5.34. The molecule has 2 aromatic carbocycles. The minimum Gasteiger partial charge on any atom is -0.497 e. The number of aliphatic hydroxyl groups is 1. The highest BCUT2D eigenvalue weighted by atomic mass is 19.2. The molecule has 0 saturated carbocycles. The van der Waals surface area contributed by atoms with Crippen LogP contribution in [0.1, 0.15) is 17.5 Å². The van der Waals surface area contributed by atoms with E-state index >= 15 is 0 Å². The van der Waals surface area contributed by atoms with Gasteiger partial charge in [-0.15, -0.1) is 0 Å². The van der Waals surface area contributed by atoms with Gasteiger partial charge in [-0.2, -0.15) is 0 Å². The fourth-order valence-corrected chi connectivity index (χ4v) is 3.82. The second kappa shape index (κ2) is 10.0. The van der Waals surface area contributed by atoms with Crippen LogP contribution in [0.3, 0.4) is 0 Å². The average molecular weight is 406 g/mol. The maximum atomic E-state index is 13.5. The summed E-state index contributed by atoms with van der Waals surface area (Å²) >= 11 is 0. The zero-order chi connectivity index (χ0) is 20.8. The first-order valence-corrected chi connectivity index (χ1v) is 9.75. The molecule has 0 aliphatic carbocycles. The summed E-state index contributed by atoms with van der Waals surface area (Å²) in [5.41, 5.74) is 1.83. The summed E-state index contributed by atoms with van der Waals surface area (Å²) in [7, 11) is 3.26. The normalized spacial score (nSPS) is 18.0. The molecule has 158 valence electrons. The molecule has 1 aliphatic rings. The van der Waals surface area contributed by atoms with Gasteiger partial charge in [0.15, 0.2) is 11.6 Å². The highest BCUT2D eigenvalue weighted by Crippen LogP contribution is 2.25. The van der Waals surface area contributed by atoms with Gasteiger partial charge in [0.25, 0.3) is 0 Å². The van der Waals surface area contributed by atoms with Gasteiger partial charge >= 0.3 is 0 Å². The van der Waals surface area contributed by atoms with Crippen molar-refractivity contribution in [3.05, 3.63) is 59.2 Å². The number of halogens is 2. The third kappa shape index (κ3) is 5.65. The van der Waals surface area contributed by atoms with Gasteiger partial charge in [0.05, 0.1) is 14.2 Å². The first-order chi connectivity index (χ1) is 14.0. The molecule has 0 spiro atoms. The van der Waals surface area contributed by atoms with Gasteiger partial charge in [-0.3, -0.25) is 9.80 Å². The summed E-state index contributed by atoms with van der Waals surface area (Å²) in [6.07, 6.45) is 0.648. The van der Waals surface area contributed by atoms with Crippen molar-refractivity contribution in [2.24, 2.45) is 0 Å². The Labute approximate surface area is 170 Å². The Morgan fingerprint density at radius 2 is 1.66 bits per heavy atom. The summed E-state index contributed by atoms with van der Waals surface area (Å²) in [6.45, 7) is 3.75. The Morgan fingerprint density at radius 1 is 0.931 bits per heavy atom. The van der Waals surface area contributed by atoms with Gasteiger partial charge in [-0.25, -0.2) is 8.78 Å². The van der Waals surface area contributed by atoms with Crippen LogP contribution in [0.5, 0.6) is 11.5 Å². The lowest BCUT2D eigenvalue weighted by Gasteiger charge is -2.41. The number of rotatable bonds is 8. The van der Waals surface area contributed by atoms with E-state index < -0.39 is 11.6 Å². The number of nitrogens with zero attached hydrogens (tertiary/aromatic N) is 2. The van der Waals surface area contributed by atoms with Crippen LogP contribution >= 0.6 is 0 Å². The zero-order valence-corrected chi connectivity index (χ0v) is 16.9. The third-order valence-electron chi connectivity index (χ3n) is 5.34. The first-order valence-electron chi connectivity index (χ1n) is 9.75. The average Bonchev–Trinajstić information content (AvgIpc) is 2.72. The van der Waals surface area contributed by atoms with Gasteiger partial charge in [0.2, 0.25) is 0 Å². The van der Waals surface area contributed by atoms with E-state index in [9.17, 15) is 13.9 Å². The molecule has 1 fully saturated rings. The number of aliphatic hydroxyl groups excluding tert-OH is 1. The van der Waals surface area contributed by atoms with Crippen molar-refractivity contribution < 1.29 is 23.4 Å². The lowest BCUT2D eigenvalue weighted by molar-refractivity contribution is 0.0498. The van der Waals surface area contributed by atoms with Crippen LogP contribution in [-0.2, 0) is 13.1 Å². The molecule has 29 heavy (non-hydrogen) atoms. The summed E-state index contributed by atoms with van der Waals surface area (Å²) in [6, 6.07) is 10.0. The van der Waals surface area contributed by atoms with E-state index in [2.05, 4.69) is 9.80 Å². The van der Waals surface area contributed by atoms with E-state index in [0.29, 0.717) is 13.0 Å². The molecule has 0 bridgehead atoms.